The molecule has 108 valence electrons. The molecule has 3 aromatic rings. The highest BCUT2D eigenvalue weighted by atomic mass is 35.5. The molecule has 0 aliphatic heterocycles. The van der Waals surface area contributed by atoms with Gasteiger partial charge in [-0.2, -0.15) is 0 Å². The van der Waals surface area contributed by atoms with Crippen LogP contribution in [0.15, 0.2) is 47.8 Å². The van der Waals surface area contributed by atoms with E-state index in [4.69, 9.17) is 23.2 Å². The van der Waals surface area contributed by atoms with Crippen molar-refractivity contribution < 1.29 is 5.11 Å². The van der Waals surface area contributed by atoms with Crippen molar-refractivity contribution in [1.29, 1.82) is 0 Å². The summed E-state index contributed by atoms with van der Waals surface area (Å²) in [7, 11) is 0. The number of pyridine rings is 1. The van der Waals surface area contributed by atoms with Crippen LogP contribution in [0.1, 0.15) is 11.7 Å². The number of aliphatic hydroxyl groups excluding tert-OH is 1. The number of benzene rings is 1. The van der Waals surface area contributed by atoms with E-state index >= 15 is 0 Å². The van der Waals surface area contributed by atoms with Gasteiger partial charge in [0.05, 0.1) is 16.1 Å². The molecular weight excluding hydrogens is 329 g/mol. The summed E-state index contributed by atoms with van der Waals surface area (Å²) in [5.41, 5.74) is 1.42. The normalized spacial score (nSPS) is 12.7. The van der Waals surface area contributed by atoms with Gasteiger partial charge >= 0.3 is 0 Å². The highest BCUT2D eigenvalue weighted by molar-refractivity contribution is 7.99. The third-order valence-electron chi connectivity index (χ3n) is 2.95. The molecule has 0 radical (unpaired) electrons. The van der Waals surface area contributed by atoms with Crippen molar-refractivity contribution in [1.82, 2.24) is 14.6 Å². The quantitative estimate of drug-likeness (QED) is 0.733. The molecule has 0 spiro atoms. The molecule has 2 aromatic heterocycles. The average Bonchev–Trinajstić information content (AvgIpc) is 2.89. The maximum atomic E-state index is 10.2. The van der Waals surface area contributed by atoms with Gasteiger partial charge in [-0.05, 0) is 11.6 Å². The Labute approximate surface area is 135 Å². The Kier molecular flexibility index (Phi) is 4.35. The van der Waals surface area contributed by atoms with Crippen LogP contribution in [0.25, 0.3) is 5.65 Å². The zero-order valence-corrected chi connectivity index (χ0v) is 13.1. The number of rotatable bonds is 4. The number of fused-ring (bicyclic) bond motifs is 1. The molecule has 3 rings (SSSR count). The Hall–Kier alpha value is -1.27. The minimum absolute atomic E-state index is 0.449. The zero-order chi connectivity index (χ0) is 14.8. The van der Waals surface area contributed by atoms with E-state index in [0.29, 0.717) is 26.6 Å². The van der Waals surface area contributed by atoms with E-state index in [1.807, 2.05) is 30.3 Å². The highest BCUT2D eigenvalue weighted by Crippen LogP contribution is 2.27. The molecule has 2 heterocycles. The molecule has 1 atom stereocenters. The Morgan fingerprint density at radius 3 is 2.71 bits per heavy atom. The van der Waals surface area contributed by atoms with E-state index in [1.165, 1.54) is 11.8 Å². The number of thioether (sulfide) groups is 1. The molecule has 1 aromatic carbocycles. The lowest BCUT2D eigenvalue weighted by atomic mass is 10.1. The molecule has 1 unspecified atom stereocenters. The van der Waals surface area contributed by atoms with Crippen LogP contribution < -0.4 is 0 Å². The van der Waals surface area contributed by atoms with Crippen molar-refractivity contribution in [2.24, 2.45) is 0 Å². The number of halogens is 2. The predicted octanol–water partition coefficient (Wildman–Crippen LogP) is 3.86. The van der Waals surface area contributed by atoms with E-state index < -0.39 is 6.10 Å². The zero-order valence-electron chi connectivity index (χ0n) is 10.8. The Bertz CT molecular complexity index is 764. The lowest BCUT2D eigenvalue weighted by molar-refractivity contribution is 0.204. The predicted molar refractivity (Wildman–Crippen MR) is 85.1 cm³/mol. The van der Waals surface area contributed by atoms with Crippen molar-refractivity contribution in [2.75, 3.05) is 5.75 Å². The van der Waals surface area contributed by atoms with Crippen LogP contribution in [-0.4, -0.2) is 25.5 Å². The molecule has 0 saturated heterocycles. The van der Waals surface area contributed by atoms with Crippen molar-refractivity contribution in [2.45, 2.75) is 11.3 Å². The largest absolute Gasteiger partial charge is 0.388 e. The molecule has 0 aliphatic carbocycles. The van der Waals surface area contributed by atoms with Crippen molar-refractivity contribution in [3.63, 3.8) is 0 Å². The average molecular weight is 340 g/mol. The fourth-order valence-electron chi connectivity index (χ4n) is 1.93. The summed E-state index contributed by atoms with van der Waals surface area (Å²) >= 11 is 13.5. The third-order valence-corrected chi connectivity index (χ3v) is 4.45. The molecular formula is C14H11Cl2N3OS. The molecule has 0 aliphatic rings. The number of hydrogen-bond donors (Lipinski definition) is 1. The molecule has 1 N–H and O–H groups in total. The summed E-state index contributed by atoms with van der Waals surface area (Å²) < 4.78 is 1.73. The topological polar surface area (TPSA) is 50.4 Å². The van der Waals surface area contributed by atoms with Gasteiger partial charge in [0.25, 0.3) is 0 Å². The van der Waals surface area contributed by atoms with Crippen LogP contribution in [0, 0.1) is 0 Å². The third kappa shape index (κ3) is 3.16. The van der Waals surface area contributed by atoms with Gasteiger partial charge in [0, 0.05) is 11.9 Å². The highest BCUT2D eigenvalue weighted by Gasteiger charge is 2.13. The van der Waals surface area contributed by atoms with Crippen LogP contribution in [0.5, 0.6) is 0 Å². The van der Waals surface area contributed by atoms with E-state index in [1.54, 1.807) is 16.7 Å². The number of aliphatic hydroxyl groups is 1. The second kappa shape index (κ2) is 6.23. The first-order chi connectivity index (χ1) is 10.1. The van der Waals surface area contributed by atoms with Crippen LogP contribution in [0.3, 0.4) is 0 Å². The van der Waals surface area contributed by atoms with E-state index in [0.717, 1.165) is 5.56 Å². The van der Waals surface area contributed by atoms with Crippen LogP contribution in [0.4, 0.5) is 0 Å². The maximum absolute atomic E-state index is 10.2. The summed E-state index contributed by atoms with van der Waals surface area (Å²) in [5, 5.41) is 19.9. The van der Waals surface area contributed by atoms with Crippen LogP contribution in [0.2, 0.25) is 10.0 Å². The van der Waals surface area contributed by atoms with Gasteiger partial charge in [-0.3, -0.25) is 4.40 Å². The summed E-state index contributed by atoms with van der Waals surface area (Å²) in [6.45, 7) is 0. The van der Waals surface area contributed by atoms with Gasteiger partial charge < -0.3 is 5.11 Å². The van der Waals surface area contributed by atoms with Gasteiger partial charge in [0.15, 0.2) is 10.8 Å². The summed E-state index contributed by atoms with van der Waals surface area (Å²) in [6, 6.07) is 11.1. The molecule has 4 nitrogen and oxygen atoms in total. The molecule has 0 saturated carbocycles. The minimum atomic E-state index is -0.571. The summed E-state index contributed by atoms with van der Waals surface area (Å²) in [6.07, 6.45) is 1.14. The minimum Gasteiger partial charge on any atom is -0.388 e. The Morgan fingerprint density at radius 1 is 1.19 bits per heavy atom. The first-order valence-corrected chi connectivity index (χ1v) is 7.95. The molecule has 7 heteroatoms. The molecule has 0 fully saturated rings. The SMILES string of the molecule is OC(CSc1nnc2c(Cl)cc(Cl)cn12)c1ccccc1. The molecule has 0 amide bonds. The number of aromatic nitrogens is 3. The first-order valence-electron chi connectivity index (χ1n) is 6.21. The van der Waals surface area contributed by atoms with Gasteiger partial charge in [-0.1, -0.05) is 65.3 Å². The second-order valence-electron chi connectivity index (χ2n) is 4.42. The summed E-state index contributed by atoms with van der Waals surface area (Å²) in [4.78, 5) is 0. The van der Waals surface area contributed by atoms with Gasteiger partial charge in [-0.15, -0.1) is 10.2 Å². The fraction of sp³-hybridized carbons (Fsp3) is 0.143. The van der Waals surface area contributed by atoms with Crippen molar-refractivity contribution in [3.05, 3.63) is 58.2 Å². The lowest BCUT2D eigenvalue weighted by Crippen LogP contribution is -2.01. The number of nitrogens with zero attached hydrogens (tertiary/aromatic N) is 3. The Balaban J connectivity index is 1.80. The maximum Gasteiger partial charge on any atom is 0.195 e. The standard InChI is InChI=1S/C14H11Cl2N3OS/c15-10-6-11(16)13-17-18-14(19(13)7-10)21-8-12(20)9-4-2-1-3-5-9/h1-7,12,20H,8H2. The smallest absolute Gasteiger partial charge is 0.195 e. The second-order valence-corrected chi connectivity index (χ2v) is 6.25. The van der Waals surface area contributed by atoms with Crippen LogP contribution in [-0.2, 0) is 0 Å². The first kappa shape index (κ1) is 14.7. The van der Waals surface area contributed by atoms with E-state index in [-0.39, 0.29) is 0 Å². The molecule has 0 bridgehead atoms. The monoisotopic (exact) mass is 339 g/mol. The van der Waals surface area contributed by atoms with Gasteiger partial charge in [-0.25, -0.2) is 0 Å². The van der Waals surface area contributed by atoms with Crippen molar-refractivity contribution in [3.8, 4) is 0 Å². The van der Waals surface area contributed by atoms with Crippen molar-refractivity contribution >= 4 is 40.6 Å². The lowest BCUT2D eigenvalue weighted by Gasteiger charge is -2.09. The summed E-state index contributed by atoms with van der Waals surface area (Å²) in [5.74, 6) is 0.467. The fourth-order valence-corrected chi connectivity index (χ4v) is 3.31. The Morgan fingerprint density at radius 2 is 1.95 bits per heavy atom. The van der Waals surface area contributed by atoms with E-state index in [2.05, 4.69) is 10.2 Å². The molecule has 21 heavy (non-hydrogen) atoms. The van der Waals surface area contributed by atoms with Gasteiger partial charge in [0.1, 0.15) is 0 Å². The van der Waals surface area contributed by atoms with E-state index in [9.17, 15) is 5.11 Å². The van der Waals surface area contributed by atoms with Gasteiger partial charge in [0.2, 0.25) is 0 Å². The van der Waals surface area contributed by atoms with Crippen LogP contribution >= 0.6 is 35.0 Å². The number of hydrogen-bond acceptors (Lipinski definition) is 4.